The van der Waals surface area contributed by atoms with Crippen molar-refractivity contribution in [3.63, 3.8) is 0 Å². The fraction of sp³-hybridized carbons (Fsp3) is 0.0714. The quantitative estimate of drug-likeness (QED) is 0.506. The van der Waals surface area contributed by atoms with E-state index in [1.54, 1.807) is 12.1 Å². The number of carbonyl (C=O) groups excluding carboxylic acids is 1. The van der Waals surface area contributed by atoms with Crippen LogP contribution < -0.4 is 4.74 Å². The van der Waals surface area contributed by atoms with E-state index in [-0.39, 0.29) is 5.56 Å². The molecule has 0 aliphatic heterocycles. The van der Waals surface area contributed by atoms with Crippen LogP contribution in [0.1, 0.15) is 15.9 Å². The van der Waals surface area contributed by atoms with Crippen LogP contribution in [0, 0.1) is 3.57 Å². The zero-order valence-electron chi connectivity index (χ0n) is 10.2. The van der Waals surface area contributed by atoms with Crippen LogP contribution in [0.5, 0.6) is 5.75 Å². The van der Waals surface area contributed by atoms with E-state index in [0.717, 1.165) is 15.7 Å². The third-order valence-corrected chi connectivity index (χ3v) is 4.08. The lowest BCUT2D eigenvalue weighted by atomic mass is 10.0. The van der Waals surface area contributed by atoms with Crippen LogP contribution >= 0.6 is 34.2 Å². The molecule has 2 aromatic carbocycles. The van der Waals surface area contributed by atoms with Gasteiger partial charge < -0.3 is 4.74 Å². The van der Waals surface area contributed by atoms with Gasteiger partial charge in [0.2, 0.25) is 0 Å². The number of halogens is 5. The Labute approximate surface area is 137 Å². The topological polar surface area (TPSA) is 26.3 Å². The molecule has 0 radical (unpaired) electrons. The van der Waals surface area contributed by atoms with Crippen molar-refractivity contribution >= 4 is 40.0 Å². The van der Waals surface area contributed by atoms with Crippen LogP contribution in [0.25, 0.3) is 0 Å². The minimum atomic E-state index is -4.80. The molecular formula is C14H7ClF3IO2. The summed E-state index contributed by atoms with van der Waals surface area (Å²) >= 11 is 7.94. The SMILES string of the molecule is O=C(c1cccc(OC(F)(F)F)c1)c1ccc(I)c(Cl)c1. The van der Waals surface area contributed by atoms with Gasteiger partial charge >= 0.3 is 6.36 Å². The number of ether oxygens (including phenoxy) is 1. The zero-order valence-corrected chi connectivity index (χ0v) is 13.2. The van der Waals surface area contributed by atoms with E-state index < -0.39 is 17.9 Å². The average Bonchev–Trinajstić information content (AvgIpc) is 2.39. The van der Waals surface area contributed by atoms with Crippen LogP contribution in [0.4, 0.5) is 13.2 Å². The van der Waals surface area contributed by atoms with Crippen LogP contribution in [0.2, 0.25) is 5.02 Å². The number of ketones is 1. The van der Waals surface area contributed by atoms with Gasteiger partial charge in [-0.1, -0.05) is 23.7 Å². The van der Waals surface area contributed by atoms with Crippen molar-refractivity contribution in [3.8, 4) is 5.75 Å². The first-order valence-corrected chi connectivity index (χ1v) is 7.07. The number of rotatable bonds is 3. The summed E-state index contributed by atoms with van der Waals surface area (Å²) < 4.78 is 41.1. The van der Waals surface area contributed by atoms with Crippen LogP contribution in [-0.4, -0.2) is 12.1 Å². The molecule has 0 bridgehead atoms. The molecule has 0 aliphatic carbocycles. The highest BCUT2D eigenvalue weighted by molar-refractivity contribution is 14.1. The summed E-state index contributed by atoms with van der Waals surface area (Å²) in [7, 11) is 0. The smallest absolute Gasteiger partial charge is 0.406 e. The highest BCUT2D eigenvalue weighted by Gasteiger charge is 2.31. The van der Waals surface area contributed by atoms with E-state index in [9.17, 15) is 18.0 Å². The molecule has 0 N–H and O–H groups in total. The van der Waals surface area contributed by atoms with Crippen LogP contribution in [0.3, 0.4) is 0 Å². The lowest BCUT2D eigenvalue weighted by Crippen LogP contribution is -2.17. The monoisotopic (exact) mass is 426 g/mol. The predicted molar refractivity (Wildman–Crippen MR) is 80.7 cm³/mol. The summed E-state index contributed by atoms with van der Waals surface area (Å²) in [4.78, 5) is 12.2. The van der Waals surface area contributed by atoms with Gasteiger partial charge in [0.05, 0.1) is 5.02 Å². The van der Waals surface area contributed by atoms with Crippen molar-refractivity contribution in [2.45, 2.75) is 6.36 Å². The molecule has 0 saturated carbocycles. The van der Waals surface area contributed by atoms with E-state index in [2.05, 4.69) is 4.74 Å². The van der Waals surface area contributed by atoms with Crippen molar-refractivity contribution in [3.05, 3.63) is 62.2 Å². The Kier molecular flexibility index (Phi) is 4.77. The molecule has 0 aromatic heterocycles. The summed E-state index contributed by atoms with van der Waals surface area (Å²) in [5.74, 6) is -0.870. The van der Waals surface area contributed by atoms with E-state index in [1.165, 1.54) is 18.2 Å². The van der Waals surface area contributed by atoms with Gasteiger partial charge in [-0.15, -0.1) is 13.2 Å². The molecule has 2 aromatic rings. The second-order valence-electron chi connectivity index (χ2n) is 4.03. The Bertz CT molecular complexity index is 686. The second kappa shape index (κ2) is 6.23. The van der Waals surface area contributed by atoms with E-state index in [1.807, 2.05) is 22.6 Å². The molecule has 2 nitrogen and oxygen atoms in total. The molecule has 0 saturated heterocycles. The largest absolute Gasteiger partial charge is 0.573 e. The van der Waals surface area contributed by atoms with Gasteiger partial charge in [0.25, 0.3) is 0 Å². The maximum absolute atomic E-state index is 12.2. The van der Waals surface area contributed by atoms with E-state index >= 15 is 0 Å². The Hall–Kier alpha value is -1.28. The molecule has 0 atom stereocenters. The fourth-order valence-corrected chi connectivity index (χ4v) is 2.15. The van der Waals surface area contributed by atoms with E-state index in [0.29, 0.717) is 10.6 Å². The molecule has 0 aliphatic rings. The van der Waals surface area contributed by atoms with Gasteiger partial charge in [-0.05, 0) is 52.9 Å². The molecule has 0 amide bonds. The summed E-state index contributed by atoms with van der Waals surface area (Å²) in [6, 6.07) is 9.61. The number of hydrogen-bond donors (Lipinski definition) is 0. The van der Waals surface area contributed by atoms with Crippen LogP contribution in [0.15, 0.2) is 42.5 Å². The first kappa shape index (κ1) is 16.1. The van der Waals surface area contributed by atoms with Crippen molar-refractivity contribution in [1.29, 1.82) is 0 Å². The molecule has 2 rings (SSSR count). The summed E-state index contributed by atoms with van der Waals surface area (Å²) in [5, 5.41) is 0.407. The molecule has 0 spiro atoms. The summed E-state index contributed by atoms with van der Waals surface area (Å²) in [5.41, 5.74) is 0.388. The van der Waals surface area contributed by atoms with Gasteiger partial charge in [-0.2, -0.15) is 0 Å². The highest BCUT2D eigenvalue weighted by Crippen LogP contribution is 2.25. The first-order chi connectivity index (χ1) is 9.76. The maximum Gasteiger partial charge on any atom is 0.573 e. The molecule has 0 fully saturated rings. The highest BCUT2D eigenvalue weighted by atomic mass is 127. The van der Waals surface area contributed by atoms with Crippen molar-refractivity contribution in [2.75, 3.05) is 0 Å². The zero-order chi connectivity index (χ0) is 15.6. The van der Waals surface area contributed by atoms with Gasteiger partial charge in [0.1, 0.15) is 5.75 Å². The normalized spacial score (nSPS) is 11.3. The first-order valence-electron chi connectivity index (χ1n) is 5.62. The number of benzene rings is 2. The van der Waals surface area contributed by atoms with Crippen molar-refractivity contribution in [2.24, 2.45) is 0 Å². The summed E-state index contributed by atoms with van der Waals surface area (Å²) in [6.07, 6.45) is -4.80. The van der Waals surface area contributed by atoms with E-state index in [4.69, 9.17) is 11.6 Å². The van der Waals surface area contributed by atoms with Gasteiger partial charge in [-0.25, -0.2) is 0 Å². The van der Waals surface area contributed by atoms with Gasteiger partial charge in [0.15, 0.2) is 5.78 Å². The lowest BCUT2D eigenvalue weighted by molar-refractivity contribution is -0.274. The van der Waals surface area contributed by atoms with Gasteiger partial charge in [-0.3, -0.25) is 4.79 Å². The molecule has 7 heteroatoms. The number of hydrogen-bond acceptors (Lipinski definition) is 2. The Morgan fingerprint density at radius 2 is 1.76 bits per heavy atom. The Balaban J connectivity index is 2.31. The standard InChI is InChI=1S/C14H7ClF3IO2/c15-11-7-9(4-5-12(11)19)13(20)8-2-1-3-10(6-8)21-14(16,17)18/h1-7H. The molecule has 0 unspecified atom stereocenters. The van der Waals surface area contributed by atoms with Crippen molar-refractivity contribution < 1.29 is 22.7 Å². The Morgan fingerprint density at radius 3 is 2.38 bits per heavy atom. The molecule has 110 valence electrons. The minimum Gasteiger partial charge on any atom is -0.406 e. The molecule has 0 heterocycles. The third-order valence-electron chi connectivity index (χ3n) is 2.51. The average molecular weight is 427 g/mol. The minimum absolute atomic E-state index is 0.0917. The predicted octanol–water partition coefficient (Wildman–Crippen LogP) is 5.07. The number of carbonyl (C=O) groups is 1. The van der Waals surface area contributed by atoms with Gasteiger partial charge in [0, 0.05) is 14.7 Å². The second-order valence-corrected chi connectivity index (χ2v) is 5.60. The molecular weight excluding hydrogens is 420 g/mol. The lowest BCUT2D eigenvalue weighted by Gasteiger charge is -2.10. The number of alkyl halides is 3. The third kappa shape index (κ3) is 4.34. The maximum atomic E-state index is 12.2. The Morgan fingerprint density at radius 1 is 1.10 bits per heavy atom. The fourth-order valence-electron chi connectivity index (χ4n) is 1.64. The van der Waals surface area contributed by atoms with Crippen molar-refractivity contribution in [1.82, 2.24) is 0 Å². The molecule has 21 heavy (non-hydrogen) atoms. The summed E-state index contributed by atoms with van der Waals surface area (Å²) in [6.45, 7) is 0. The van der Waals surface area contributed by atoms with Crippen LogP contribution in [-0.2, 0) is 0 Å².